The van der Waals surface area contributed by atoms with Crippen LogP contribution >= 0.6 is 0 Å². The van der Waals surface area contributed by atoms with Gasteiger partial charge in [0.2, 0.25) is 5.84 Å². The number of rotatable bonds is 4. The van der Waals surface area contributed by atoms with Crippen LogP contribution in [0, 0.1) is 0 Å². The highest BCUT2D eigenvalue weighted by molar-refractivity contribution is 6.36. The molecule has 0 aliphatic carbocycles. The predicted molar refractivity (Wildman–Crippen MR) is 101 cm³/mol. The topological polar surface area (TPSA) is 78.8 Å². The lowest BCUT2D eigenvalue weighted by molar-refractivity contribution is -0.135. The van der Waals surface area contributed by atoms with Gasteiger partial charge in [-0.15, -0.1) is 0 Å². The average Bonchev–Trinajstić information content (AvgIpc) is 3.13. The van der Waals surface area contributed by atoms with E-state index in [0.29, 0.717) is 0 Å². The SMILES string of the molecule is CCOC(=O)C1=NC(c2ccccc2)(c2c[nH]c3ccccc23)C=NN1. The van der Waals surface area contributed by atoms with Gasteiger partial charge >= 0.3 is 5.97 Å². The average molecular weight is 346 g/mol. The number of aromatic nitrogens is 1. The van der Waals surface area contributed by atoms with Crippen LogP contribution in [-0.4, -0.2) is 29.6 Å². The van der Waals surface area contributed by atoms with Crippen LogP contribution in [0.2, 0.25) is 0 Å². The molecule has 1 aromatic heterocycles. The molecule has 2 N–H and O–H groups in total. The van der Waals surface area contributed by atoms with Crippen LogP contribution in [0.4, 0.5) is 0 Å². The van der Waals surface area contributed by atoms with Crippen LogP contribution < -0.4 is 5.43 Å². The van der Waals surface area contributed by atoms with Gasteiger partial charge in [0.15, 0.2) is 5.54 Å². The van der Waals surface area contributed by atoms with E-state index in [1.807, 2.05) is 60.8 Å². The smallest absolute Gasteiger partial charge is 0.375 e. The lowest BCUT2D eigenvalue weighted by Crippen LogP contribution is -2.40. The van der Waals surface area contributed by atoms with Gasteiger partial charge in [0, 0.05) is 22.7 Å². The molecule has 6 nitrogen and oxygen atoms in total. The van der Waals surface area contributed by atoms with Crippen LogP contribution in [0.3, 0.4) is 0 Å². The normalized spacial score (nSPS) is 19.0. The van der Waals surface area contributed by atoms with Crippen LogP contribution in [0.25, 0.3) is 10.9 Å². The van der Waals surface area contributed by atoms with Crippen LogP contribution in [-0.2, 0) is 15.1 Å². The molecule has 0 spiro atoms. The first-order chi connectivity index (χ1) is 12.7. The summed E-state index contributed by atoms with van der Waals surface area (Å²) in [5, 5.41) is 5.26. The fourth-order valence-electron chi connectivity index (χ4n) is 3.21. The zero-order chi connectivity index (χ0) is 18.0. The molecule has 130 valence electrons. The number of hydrazone groups is 1. The molecule has 1 aliphatic heterocycles. The second kappa shape index (κ2) is 6.48. The molecule has 1 atom stereocenters. The number of amidine groups is 1. The predicted octanol–water partition coefficient (Wildman–Crippen LogP) is 2.96. The van der Waals surface area contributed by atoms with Gasteiger partial charge in [-0.25, -0.2) is 9.79 Å². The minimum absolute atomic E-state index is 0.0866. The summed E-state index contributed by atoms with van der Waals surface area (Å²) in [4.78, 5) is 20.3. The van der Waals surface area contributed by atoms with Crippen molar-refractivity contribution in [1.82, 2.24) is 10.4 Å². The molecule has 0 saturated carbocycles. The van der Waals surface area contributed by atoms with E-state index in [1.54, 1.807) is 13.1 Å². The van der Waals surface area contributed by atoms with E-state index in [2.05, 4.69) is 15.5 Å². The monoisotopic (exact) mass is 346 g/mol. The van der Waals surface area contributed by atoms with Crippen molar-refractivity contribution in [3.8, 4) is 0 Å². The zero-order valence-corrected chi connectivity index (χ0v) is 14.3. The number of benzene rings is 2. The third-order valence-electron chi connectivity index (χ3n) is 4.39. The van der Waals surface area contributed by atoms with Crippen LogP contribution in [0.1, 0.15) is 18.1 Å². The molecule has 4 rings (SSSR count). The van der Waals surface area contributed by atoms with E-state index >= 15 is 0 Å². The molecule has 6 heteroatoms. The Morgan fingerprint density at radius 1 is 1.12 bits per heavy atom. The molecule has 26 heavy (non-hydrogen) atoms. The van der Waals surface area contributed by atoms with E-state index in [0.717, 1.165) is 22.0 Å². The second-order valence-electron chi connectivity index (χ2n) is 5.93. The van der Waals surface area contributed by atoms with Gasteiger partial charge in [0.05, 0.1) is 12.8 Å². The summed E-state index contributed by atoms with van der Waals surface area (Å²) in [6.07, 6.45) is 3.64. The minimum Gasteiger partial charge on any atom is -0.460 e. The van der Waals surface area contributed by atoms with Crippen molar-refractivity contribution in [3.05, 3.63) is 71.9 Å². The summed E-state index contributed by atoms with van der Waals surface area (Å²) < 4.78 is 5.10. The zero-order valence-electron chi connectivity index (χ0n) is 14.3. The van der Waals surface area contributed by atoms with Crippen molar-refractivity contribution in [2.45, 2.75) is 12.5 Å². The third kappa shape index (κ3) is 2.56. The lowest BCUT2D eigenvalue weighted by atomic mass is 9.84. The number of fused-ring (bicyclic) bond motifs is 1. The van der Waals surface area contributed by atoms with Gasteiger partial charge in [-0.1, -0.05) is 48.5 Å². The molecule has 3 aromatic rings. The van der Waals surface area contributed by atoms with Crippen molar-refractivity contribution >= 4 is 28.9 Å². The van der Waals surface area contributed by atoms with Gasteiger partial charge in [0.1, 0.15) is 0 Å². The number of ether oxygens (including phenoxy) is 1. The molecule has 2 heterocycles. The largest absolute Gasteiger partial charge is 0.460 e. The summed E-state index contributed by atoms with van der Waals surface area (Å²) in [7, 11) is 0. The highest BCUT2D eigenvalue weighted by Crippen LogP contribution is 2.37. The first-order valence-corrected chi connectivity index (χ1v) is 8.44. The number of nitrogens with one attached hydrogen (secondary N) is 2. The van der Waals surface area contributed by atoms with Gasteiger partial charge in [-0.05, 0) is 18.6 Å². The van der Waals surface area contributed by atoms with Crippen molar-refractivity contribution in [1.29, 1.82) is 0 Å². The maximum atomic E-state index is 12.3. The van der Waals surface area contributed by atoms with E-state index in [1.165, 1.54) is 0 Å². The number of hydrogen-bond acceptors (Lipinski definition) is 5. The number of nitrogens with zero attached hydrogens (tertiary/aromatic N) is 2. The van der Waals surface area contributed by atoms with Crippen molar-refractivity contribution in [3.63, 3.8) is 0 Å². The molecule has 2 aromatic carbocycles. The van der Waals surface area contributed by atoms with Crippen molar-refractivity contribution in [2.75, 3.05) is 6.61 Å². The molecule has 0 bridgehead atoms. The molecule has 1 aliphatic rings. The Labute approximate surface area is 150 Å². The number of aliphatic imine (C=N–C) groups is 1. The highest BCUT2D eigenvalue weighted by Gasteiger charge is 2.38. The lowest BCUT2D eigenvalue weighted by Gasteiger charge is -2.29. The number of H-pyrrole nitrogens is 1. The second-order valence-corrected chi connectivity index (χ2v) is 5.93. The first-order valence-electron chi connectivity index (χ1n) is 8.44. The molecule has 1 unspecified atom stereocenters. The molecular formula is C20H18N4O2. The van der Waals surface area contributed by atoms with E-state index < -0.39 is 11.5 Å². The quantitative estimate of drug-likeness (QED) is 0.713. The first kappa shape index (κ1) is 16.1. The van der Waals surface area contributed by atoms with Gasteiger partial charge in [-0.3, -0.25) is 5.43 Å². The number of esters is 1. The molecule has 0 saturated heterocycles. The maximum Gasteiger partial charge on any atom is 0.375 e. The molecule has 0 fully saturated rings. The Morgan fingerprint density at radius 2 is 1.88 bits per heavy atom. The Hall–Kier alpha value is -3.41. The summed E-state index contributed by atoms with van der Waals surface area (Å²) in [6, 6.07) is 17.8. The standard InChI is InChI=1S/C20H18N4O2/c1-2-26-19(25)18-23-20(13-22-24-18,14-8-4-3-5-9-14)16-12-21-17-11-7-6-10-15(16)17/h3-13,21H,2H2,1H3,(H,23,24). The number of para-hydroxylation sites is 1. The minimum atomic E-state index is -0.922. The van der Waals surface area contributed by atoms with E-state index in [-0.39, 0.29) is 12.4 Å². The Bertz CT molecular complexity index is 1010. The van der Waals surface area contributed by atoms with Crippen molar-refractivity contribution in [2.24, 2.45) is 10.1 Å². The number of aromatic amines is 1. The summed E-state index contributed by atoms with van der Waals surface area (Å²) in [6.45, 7) is 2.03. The fourth-order valence-corrected chi connectivity index (χ4v) is 3.21. The molecular weight excluding hydrogens is 328 g/mol. The van der Waals surface area contributed by atoms with E-state index in [4.69, 9.17) is 9.73 Å². The number of hydrogen-bond donors (Lipinski definition) is 2. The summed E-state index contributed by atoms with van der Waals surface area (Å²) in [5.74, 6) is -0.437. The van der Waals surface area contributed by atoms with Gasteiger partial charge < -0.3 is 9.72 Å². The van der Waals surface area contributed by atoms with Crippen LogP contribution in [0.5, 0.6) is 0 Å². The maximum absolute atomic E-state index is 12.3. The summed E-state index contributed by atoms with van der Waals surface area (Å²) >= 11 is 0. The van der Waals surface area contributed by atoms with Gasteiger partial charge in [-0.2, -0.15) is 5.10 Å². The van der Waals surface area contributed by atoms with Crippen LogP contribution in [0.15, 0.2) is 70.9 Å². The molecule has 0 amide bonds. The summed E-state index contributed by atoms with van der Waals surface area (Å²) in [5.41, 5.74) is 4.58. The third-order valence-corrected chi connectivity index (χ3v) is 4.39. The highest BCUT2D eigenvalue weighted by atomic mass is 16.5. The Morgan fingerprint density at radius 3 is 2.69 bits per heavy atom. The van der Waals surface area contributed by atoms with Crippen molar-refractivity contribution < 1.29 is 9.53 Å². The number of carbonyl (C=O) groups is 1. The fraction of sp³-hybridized carbons (Fsp3) is 0.150. The Kier molecular flexibility index (Phi) is 4.01. The van der Waals surface area contributed by atoms with E-state index in [9.17, 15) is 4.79 Å². The number of carbonyl (C=O) groups excluding carboxylic acids is 1. The van der Waals surface area contributed by atoms with Gasteiger partial charge in [0.25, 0.3) is 0 Å². The molecule has 0 radical (unpaired) electrons. The Balaban J connectivity index is 1.96.